The normalized spacial score (nSPS) is 33.7. The van der Waals surface area contributed by atoms with Crippen LogP contribution < -0.4 is 0 Å². The maximum atomic E-state index is 10.5. The first-order valence-electron chi connectivity index (χ1n) is 8.20. The number of hydrogen-bond acceptors (Lipinski definition) is 1. The van der Waals surface area contributed by atoms with Crippen molar-refractivity contribution < 1.29 is 5.11 Å². The van der Waals surface area contributed by atoms with E-state index >= 15 is 0 Å². The fraction of sp³-hybridized carbons (Fsp3) is 0.600. The molecule has 1 aliphatic carbocycles. The summed E-state index contributed by atoms with van der Waals surface area (Å²) in [7, 11) is 0. The second kappa shape index (κ2) is 9.04. The van der Waals surface area contributed by atoms with Crippen LogP contribution in [0.5, 0.6) is 0 Å². The summed E-state index contributed by atoms with van der Waals surface area (Å²) in [5.74, 6) is 0.170. The van der Waals surface area contributed by atoms with E-state index in [2.05, 4.69) is 45.6 Å². The van der Waals surface area contributed by atoms with E-state index in [1.165, 1.54) is 16.7 Å². The summed E-state index contributed by atoms with van der Waals surface area (Å²) < 4.78 is 0. The molecule has 21 heavy (non-hydrogen) atoms. The van der Waals surface area contributed by atoms with E-state index in [9.17, 15) is 5.11 Å². The standard InChI is InChI=1S/C20H32O/c1-15(2)19-13-12-17(4)10-6-8-16(3)9-7-11-18(5)14-20(19)21/h8,11-12,19-21H,1,6-7,9-10,13-14H2,2-5H3/b16-8-,17-12-,18-11+/t19-,20?/m1/s1. The maximum Gasteiger partial charge on any atom is 0.0645 e. The Labute approximate surface area is 131 Å². The molecule has 0 aliphatic heterocycles. The minimum Gasteiger partial charge on any atom is -0.392 e. The van der Waals surface area contributed by atoms with Gasteiger partial charge in [0.25, 0.3) is 0 Å². The molecule has 1 unspecified atom stereocenters. The molecule has 2 atom stereocenters. The topological polar surface area (TPSA) is 20.2 Å². The second-order valence-corrected chi connectivity index (χ2v) is 6.69. The third-order valence-electron chi connectivity index (χ3n) is 4.41. The highest BCUT2D eigenvalue weighted by Gasteiger charge is 2.19. The molecule has 0 saturated heterocycles. The molecule has 0 aromatic carbocycles. The van der Waals surface area contributed by atoms with Crippen molar-refractivity contribution in [2.75, 3.05) is 0 Å². The predicted molar refractivity (Wildman–Crippen MR) is 93.3 cm³/mol. The van der Waals surface area contributed by atoms with Crippen molar-refractivity contribution in [1.82, 2.24) is 0 Å². The van der Waals surface area contributed by atoms with E-state index in [1.54, 1.807) is 0 Å². The Morgan fingerprint density at radius 3 is 2.10 bits per heavy atom. The Bertz CT molecular complexity index is 437. The van der Waals surface area contributed by atoms with E-state index in [0.717, 1.165) is 44.1 Å². The lowest BCUT2D eigenvalue weighted by Gasteiger charge is -2.23. The summed E-state index contributed by atoms with van der Waals surface area (Å²) in [6.07, 6.45) is 12.7. The molecular formula is C20H32O. The summed E-state index contributed by atoms with van der Waals surface area (Å²) in [6.45, 7) is 12.7. The van der Waals surface area contributed by atoms with Crippen LogP contribution >= 0.6 is 0 Å². The highest BCUT2D eigenvalue weighted by atomic mass is 16.3. The average molecular weight is 288 g/mol. The van der Waals surface area contributed by atoms with Gasteiger partial charge in [-0.25, -0.2) is 0 Å². The quantitative estimate of drug-likeness (QED) is 0.611. The Balaban J connectivity index is 2.90. The van der Waals surface area contributed by atoms with Gasteiger partial charge in [-0.3, -0.25) is 0 Å². The predicted octanol–water partition coefficient (Wildman–Crippen LogP) is 5.73. The zero-order chi connectivity index (χ0) is 15.8. The molecular weight excluding hydrogens is 256 g/mol. The Hall–Kier alpha value is -1.08. The Morgan fingerprint density at radius 1 is 1.00 bits per heavy atom. The molecule has 118 valence electrons. The van der Waals surface area contributed by atoms with E-state index in [-0.39, 0.29) is 12.0 Å². The maximum absolute atomic E-state index is 10.5. The first-order chi connectivity index (χ1) is 9.90. The lowest BCUT2D eigenvalue weighted by atomic mass is 9.87. The zero-order valence-electron chi connectivity index (χ0n) is 14.3. The summed E-state index contributed by atoms with van der Waals surface area (Å²) in [4.78, 5) is 0. The first-order valence-corrected chi connectivity index (χ1v) is 8.20. The molecule has 0 saturated carbocycles. The number of aliphatic hydroxyl groups excluding tert-OH is 1. The SMILES string of the molecule is C=C(C)[C@H]1C/C=C(/C)CC/C=C(/C)CC/C=C(\C)CC1O. The van der Waals surface area contributed by atoms with Gasteiger partial charge in [0, 0.05) is 5.92 Å². The van der Waals surface area contributed by atoms with Crippen molar-refractivity contribution >= 4 is 0 Å². The molecule has 1 N–H and O–H groups in total. The number of hydrogen-bond donors (Lipinski definition) is 1. The van der Waals surface area contributed by atoms with E-state index in [0.29, 0.717) is 0 Å². The van der Waals surface area contributed by atoms with Crippen LogP contribution in [0.15, 0.2) is 47.1 Å². The van der Waals surface area contributed by atoms with E-state index < -0.39 is 0 Å². The summed E-state index contributed by atoms with van der Waals surface area (Å²) in [5, 5.41) is 10.5. The molecule has 0 radical (unpaired) electrons. The van der Waals surface area contributed by atoms with Gasteiger partial charge < -0.3 is 5.11 Å². The van der Waals surface area contributed by atoms with Crippen LogP contribution in [0.25, 0.3) is 0 Å². The summed E-state index contributed by atoms with van der Waals surface area (Å²) in [5.41, 5.74) is 5.27. The van der Waals surface area contributed by atoms with Gasteiger partial charge in [0.1, 0.15) is 0 Å². The molecule has 0 amide bonds. The largest absolute Gasteiger partial charge is 0.392 e. The molecule has 0 fully saturated rings. The molecule has 0 spiro atoms. The lowest BCUT2D eigenvalue weighted by Crippen LogP contribution is -2.21. The van der Waals surface area contributed by atoms with Crippen LogP contribution in [0.3, 0.4) is 0 Å². The van der Waals surface area contributed by atoms with Gasteiger partial charge in [0.15, 0.2) is 0 Å². The fourth-order valence-corrected chi connectivity index (χ4v) is 2.87. The lowest BCUT2D eigenvalue weighted by molar-refractivity contribution is 0.126. The number of allylic oxidation sites excluding steroid dienone is 5. The van der Waals surface area contributed by atoms with Gasteiger partial charge in [0.05, 0.1) is 6.10 Å². The van der Waals surface area contributed by atoms with Gasteiger partial charge >= 0.3 is 0 Å². The van der Waals surface area contributed by atoms with Crippen molar-refractivity contribution in [2.24, 2.45) is 5.92 Å². The molecule has 0 aromatic rings. The molecule has 0 aromatic heterocycles. The van der Waals surface area contributed by atoms with Gasteiger partial charge in [-0.2, -0.15) is 0 Å². The highest BCUT2D eigenvalue weighted by Crippen LogP contribution is 2.25. The smallest absolute Gasteiger partial charge is 0.0645 e. The van der Waals surface area contributed by atoms with Crippen LogP contribution in [0.2, 0.25) is 0 Å². The Morgan fingerprint density at radius 2 is 1.52 bits per heavy atom. The van der Waals surface area contributed by atoms with Crippen LogP contribution in [0.4, 0.5) is 0 Å². The van der Waals surface area contributed by atoms with Gasteiger partial charge in [-0.1, -0.05) is 47.1 Å². The van der Waals surface area contributed by atoms with E-state index in [4.69, 9.17) is 0 Å². The van der Waals surface area contributed by atoms with Crippen LogP contribution in [0, 0.1) is 5.92 Å². The fourth-order valence-electron chi connectivity index (χ4n) is 2.87. The van der Waals surface area contributed by atoms with Gasteiger partial charge in [0.2, 0.25) is 0 Å². The van der Waals surface area contributed by atoms with Crippen molar-refractivity contribution in [3.05, 3.63) is 47.1 Å². The minimum absolute atomic E-state index is 0.170. The van der Waals surface area contributed by atoms with Crippen molar-refractivity contribution in [2.45, 2.75) is 72.3 Å². The second-order valence-electron chi connectivity index (χ2n) is 6.69. The third kappa shape index (κ3) is 6.95. The molecule has 0 bridgehead atoms. The van der Waals surface area contributed by atoms with Gasteiger partial charge in [-0.15, -0.1) is 0 Å². The van der Waals surface area contributed by atoms with Crippen molar-refractivity contribution in [1.29, 1.82) is 0 Å². The van der Waals surface area contributed by atoms with Crippen LogP contribution in [-0.4, -0.2) is 11.2 Å². The summed E-state index contributed by atoms with van der Waals surface area (Å²) >= 11 is 0. The van der Waals surface area contributed by atoms with Crippen LogP contribution in [0.1, 0.15) is 66.2 Å². The molecule has 1 nitrogen and oxygen atoms in total. The average Bonchev–Trinajstić information content (AvgIpc) is 2.37. The van der Waals surface area contributed by atoms with Crippen molar-refractivity contribution in [3.63, 3.8) is 0 Å². The van der Waals surface area contributed by atoms with E-state index in [1.807, 2.05) is 6.92 Å². The minimum atomic E-state index is -0.317. The monoisotopic (exact) mass is 288 g/mol. The highest BCUT2D eigenvalue weighted by molar-refractivity contribution is 5.12. The van der Waals surface area contributed by atoms with Crippen molar-refractivity contribution in [3.8, 4) is 0 Å². The van der Waals surface area contributed by atoms with Gasteiger partial charge in [-0.05, 0) is 66.2 Å². The molecule has 0 heterocycles. The molecule has 1 heteroatoms. The van der Waals surface area contributed by atoms with Crippen LogP contribution in [-0.2, 0) is 0 Å². The third-order valence-corrected chi connectivity index (χ3v) is 4.41. The molecule has 1 aliphatic rings. The summed E-state index contributed by atoms with van der Waals surface area (Å²) in [6, 6.07) is 0. The number of rotatable bonds is 1. The first kappa shape index (κ1) is 18.0. The zero-order valence-corrected chi connectivity index (χ0v) is 14.3. The number of aliphatic hydroxyl groups is 1. The Kier molecular flexibility index (Phi) is 7.74. The molecule has 1 rings (SSSR count).